The molecule has 4 rings (SSSR count). The Kier molecular flexibility index (Phi) is 8.62. The van der Waals surface area contributed by atoms with Crippen LogP contribution < -0.4 is 10.5 Å². The monoisotopic (exact) mass is 532 g/mol. The van der Waals surface area contributed by atoms with E-state index in [2.05, 4.69) is 9.97 Å². The van der Waals surface area contributed by atoms with Crippen LogP contribution in [0.25, 0.3) is 11.0 Å². The van der Waals surface area contributed by atoms with Crippen LogP contribution in [0.5, 0.6) is 5.88 Å². The molecule has 1 amide bonds. The molecule has 2 fully saturated rings. The number of amides is 1. The van der Waals surface area contributed by atoms with Gasteiger partial charge in [-0.3, -0.25) is 4.79 Å². The summed E-state index contributed by atoms with van der Waals surface area (Å²) >= 11 is 0. The molecule has 0 radical (unpaired) electrons. The molecule has 38 heavy (non-hydrogen) atoms. The minimum atomic E-state index is -3.59. The number of aliphatic carboxylic acids is 1. The van der Waals surface area contributed by atoms with Crippen molar-refractivity contribution in [2.45, 2.75) is 56.3 Å². The van der Waals surface area contributed by atoms with Gasteiger partial charge in [-0.2, -0.15) is 8.78 Å². The number of likely N-dealkylation sites (tertiary alicyclic amines) is 1. The highest BCUT2D eigenvalue weighted by atomic mass is 19.3. The van der Waals surface area contributed by atoms with Crippen molar-refractivity contribution in [3.05, 3.63) is 42.1 Å². The van der Waals surface area contributed by atoms with Gasteiger partial charge in [-0.1, -0.05) is 24.6 Å². The third-order valence-corrected chi connectivity index (χ3v) is 6.90. The van der Waals surface area contributed by atoms with Crippen molar-refractivity contribution in [1.29, 1.82) is 0 Å². The first-order valence-electron chi connectivity index (χ1n) is 12.5. The van der Waals surface area contributed by atoms with E-state index in [0.29, 0.717) is 18.0 Å². The third kappa shape index (κ3) is 6.13. The molecule has 1 saturated heterocycles. The summed E-state index contributed by atoms with van der Waals surface area (Å²) in [4.78, 5) is 44.1. The number of nitrogens with zero attached hydrogens (tertiary/aromatic N) is 3. The lowest BCUT2D eigenvalue weighted by Crippen LogP contribution is -2.43. The minimum absolute atomic E-state index is 0.0636. The number of hydrogen-bond acceptors (Lipinski definition) is 8. The minimum Gasteiger partial charge on any atom is -0.480 e. The maximum Gasteiger partial charge on any atom is 0.326 e. The maximum absolute atomic E-state index is 15.4. The van der Waals surface area contributed by atoms with Gasteiger partial charge in [-0.25, -0.2) is 14.8 Å². The van der Waals surface area contributed by atoms with Gasteiger partial charge in [0.25, 0.3) is 0 Å². The fourth-order valence-corrected chi connectivity index (χ4v) is 5.02. The van der Waals surface area contributed by atoms with Gasteiger partial charge in [-0.05, 0) is 37.0 Å². The molecular formula is C26H30F2N4O6. The third-order valence-electron chi connectivity index (χ3n) is 6.90. The molecular weight excluding hydrogens is 502 g/mol. The molecule has 1 aromatic heterocycles. The van der Waals surface area contributed by atoms with Crippen LogP contribution in [-0.4, -0.2) is 76.1 Å². The van der Waals surface area contributed by atoms with Gasteiger partial charge in [-0.15, -0.1) is 0 Å². The normalized spacial score (nSPS) is 23.8. The molecule has 12 heteroatoms. The number of aromatic nitrogens is 2. The highest BCUT2D eigenvalue weighted by molar-refractivity contribution is 5.85. The van der Waals surface area contributed by atoms with Crippen LogP contribution in [0.4, 0.5) is 8.78 Å². The van der Waals surface area contributed by atoms with Crippen molar-refractivity contribution < 1.29 is 37.7 Å². The van der Waals surface area contributed by atoms with E-state index in [1.807, 2.05) is 0 Å². The van der Waals surface area contributed by atoms with Gasteiger partial charge >= 0.3 is 11.9 Å². The summed E-state index contributed by atoms with van der Waals surface area (Å²) in [5, 5.41) is 9.51. The van der Waals surface area contributed by atoms with Gasteiger partial charge in [0.05, 0.1) is 36.8 Å². The number of halogens is 2. The van der Waals surface area contributed by atoms with Gasteiger partial charge in [0, 0.05) is 12.8 Å². The molecule has 3 N–H and O–H groups in total. The molecule has 2 aliphatic rings. The number of rotatable bonds is 11. The number of ether oxygens (including phenoxy) is 2. The second kappa shape index (κ2) is 11.9. The second-order valence-corrected chi connectivity index (χ2v) is 9.44. The Morgan fingerprint density at radius 2 is 1.95 bits per heavy atom. The van der Waals surface area contributed by atoms with E-state index in [1.165, 1.54) is 6.08 Å². The molecule has 1 saturated carbocycles. The number of nitrogens with two attached hydrogens (primary N) is 1. The van der Waals surface area contributed by atoms with Gasteiger partial charge in [0.1, 0.15) is 18.4 Å². The lowest BCUT2D eigenvalue weighted by atomic mass is 10.0. The Morgan fingerprint density at radius 1 is 1.21 bits per heavy atom. The zero-order chi connectivity index (χ0) is 27.3. The van der Waals surface area contributed by atoms with E-state index < -0.39 is 41.5 Å². The van der Waals surface area contributed by atoms with Crippen LogP contribution in [0.1, 0.15) is 37.8 Å². The van der Waals surface area contributed by atoms with Crippen LogP contribution in [0.15, 0.2) is 36.4 Å². The highest BCUT2D eigenvalue weighted by Gasteiger charge is 2.42. The van der Waals surface area contributed by atoms with Crippen molar-refractivity contribution in [3.63, 3.8) is 0 Å². The summed E-state index contributed by atoms with van der Waals surface area (Å²) in [5.41, 5.74) is 5.21. The predicted octanol–water partition coefficient (Wildman–Crippen LogP) is 2.44. The summed E-state index contributed by atoms with van der Waals surface area (Å²) in [6.07, 6.45) is 4.51. The van der Waals surface area contributed by atoms with Crippen LogP contribution in [0.3, 0.4) is 0 Å². The number of carbonyl (C=O) groups is 3. The number of allylic oxidation sites excluding steroid dienone is 1. The number of hydrogen-bond donors (Lipinski definition) is 2. The standard InChI is InChI=1S/C26H30F2N4O6/c27-26(28,10-4-12-37-21-8-3-5-16(21)9-11-33)23-24(31-19-7-2-1-6-18(19)30-23)38-17-13-20(25(35)36)32(15-17)22(34)14-29/h1-2,4,6-7,10-11,16-17,20-21H,3,5,8-9,12-15,29H2,(H,35,36)/b10-4+/t16-,17+,20-,21+/m0/s1. The van der Waals surface area contributed by atoms with Crippen molar-refractivity contribution in [2.24, 2.45) is 11.7 Å². The molecule has 0 bridgehead atoms. The SMILES string of the molecule is NCC(=O)N1C[C@H](Oc2nc3ccccc3nc2C(F)(F)/C=C/CO[C@@H]2CCC[C@H]2CC=O)C[C@H]1C(=O)O. The van der Waals surface area contributed by atoms with Crippen LogP contribution in [-0.2, 0) is 25.0 Å². The fraction of sp³-hybridized carbons (Fsp3) is 0.500. The summed E-state index contributed by atoms with van der Waals surface area (Å²) in [6, 6.07) is 5.27. The summed E-state index contributed by atoms with van der Waals surface area (Å²) < 4.78 is 42.4. The topological polar surface area (TPSA) is 145 Å². The lowest BCUT2D eigenvalue weighted by Gasteiger charge is -2.21. The quantitative estimate of drug-likeness (QED) is 0.329. The molecule has 1 aliphatic heterocycles. The van der Waals surface area contributed by atoms with E-state index in [4.69, 9.17) is 15.2 Å². The number of carboxylic acid groups (broad SMARTS) is 1. The average molecular weight is 533 g/mol. The maximum atomic E-state index is 15.4. The molecule has 1 aliphatic carbocycles. The van der Waals surface area contributed by atoms with Gasteiger partial charge in [0.15, 0.2) is 5.69 Å². The highest BCUT2D eigenvalue weighted by Crippen LogP contribution is 2.37. The van der Waals surface area contributed by atoms with Crippen molar-refractivity contribution in [3.8, 4) is 5.88 Å². The molecule has 0 spiro atoms. The Morgan fingerprint density at radius 3 is 2.63 bits per heavy atom. The van der Waals surface area contributed by atoms with E-state index in [9.17, 15) is 19.5 Å². The zero-order valence-corrected chi connectivity index (χ0v) is 20.7. The molecule has 2 heterocycles. The molecule has 1 aromatic carbocycles. The molecule has 204 valence electrons. The summed E-state index contributed by atoms with van der Waals surface area (Å²) in [6.45, 7) is -0.593. The molecule has 10 nitrogen and oxygen atoms in total. The Bertz CT molecular complexity index is 1210. The molecule has 0 unspecified atom stereocenters. The zero-order valence-electron chi connectivity index (χ0n) is 20.7. The molecule has 2 aromatic rings. The fourth-order valence-electron chi connectivity index (χ4n) is 5.02. The van der Waals surface area contributed by atoms with E-state index in [1.54, 1.807) is 24.3 Å². The second-order valence-electron chi connectivity index (χ2n) is 9.44. The predicted molar refractivity (Wildman–Crippen MR) is 132 cm³/mol. The van der Waals surface area contributed by atoms with Gasteiger partial charge in [0.2, 0.25) is 11.8 Å². The number of alkyl halides is 2. The smallest absolute Gasteiger partial charge is 0.326 e. The summed E-state index contributed by atoms with van der Waals surface area (Å²) in [7, 11) is 0. The molecule has 4 atom stereocenters. The van der Waals surface area contributed by atoms with E-state index in [0.717, 1.165) is 30.4 Å². The van der Waals surface area contributed by atoms with Crippen molar-refractivity contribution in [1.82, 2.24) is 14.9 Å². The number of carboxylic acids is 1. The number of para-hydroxylation sites is 2. The number of aldehydes is 1. The van der Waals surface area contributed by atoms with Crippen LogP contribution in [0.2, 0.25) is 0 Å². The number of carbonyl (C=O) groups excluding carboxylic acids is 2. The average Bonchev–Trinajstić information content (AvgIpc) is 3.53. The van der Waals surface area contributed by atoms with Crippen LogP contribution in [0, 0.1) is 5.92 Å². The van der Waals surface area contributed by atoms with Crippen LogP contribution >= 0.6 is 0 Å². The first-order valence-corrected chi connectivity index (χ1v) is 12.5. The Balaban J connectivity index is 1.55. The van der Waals surface area contributed by atoms with Gasteiger partial charge < -0.3 is 30.0 Å². The summed E-state index contributed by atoms with van der Waals surface area (Å²) in [5.74, 6) is -5.77. The largest absolute Gasteiger partial charge is 0.480 e. The Hall–Kier alpha value is -3.51. The Labute approximate surface area is 217 Å². The number of fused-ring (bicyclic) bond motifs is 1. The lowest BCUT2D eigenvalue weighted by molar-refractivity contribution is -0.147. The first kappa shape index (κ1) is 27.5. The first-order chi connectivity index (χ1) is 18.2. The number of benzene rings is 1. The van der Waals surface area contributed by atoms with Crippen molar-refractivity contribution in [2.75, 3.05) is 19.7 Å². The van der Waals surface area contributed by atoms with Crippen molar-refractivity contribution >= 4 is 29.2 Å². The van der Waals surface area contributed by atoms with E-state index in [-0.39, 0.29) is 43.7 Å². The van der Waals surface area contributed by atoms with E-state index >= 15 is 8.78 Å².